The SMILES string of the molecule is CC(C)c1ccc(NC(=O)CC2CCS(=O)(=O)C2)cc1. The van der Waals surface area contributed by atoms with Gasteiger partial charge in [0.2, 0.25) is 5.91 Å². The summed E-state index contributed by atoms with van der Waals surface area (Å²) in [7, 11) is -2.91. The normalized spacial score (nSPS) is 21.1. The lowest BCUT2D eigenvalue weighted by atomic mass is 10.0. The summed E-state index contributed by atoms with van der Waals surface area (Å²) in [6.45, 7) is 4.24. The first kappa shape index (κ1) is 15.0. The molecule has 2 rings (SSSR count). The van der Waals surface area contributed by atoms with Gasteiger partial charge >= 0.3 is 0 Å². The van der Waals surface area contributed by atoms with Crippen molar-refractivity contribution < 1.29 is 13.2 Å². The number of amides is 1. The molecule has 1 atom stereocenters. The van der Waals surface area contributed by atoms with Crippen LogP contribution in [0.15, 0.2) is 24.3 Å². The van der Waals surface area contributed by atoms with Gasteiger partial charge in [-0.05, 0) is 36.0 Å². The molecule has 1 aliphatic rings. The van der Waals surface area contributed by atoms with Gasteiger partial charge in [-0.15, -0.1) is 0 Å². The smallest absolute Gasteiger partial charge is 0.224 e. The summed E-state index contributed by atoms with van der Waals surface area (Å²) in [6.07, 6.45) is 0.882. The number of hydrogen-bond donors (Lipinski definition) is 1. The third-order valence-corrected chi connectivity index (χ3v) is 5.50. The van der Waals surface area contributed by atoms with Gasteiger partial charge in [0.25, 0.3) is 0 Å². The Morgan fingerprint density at radius 1 is 1.30 bits per heavy atom. The van der Waals surface area contributed by atoms with E-state index in [0.29, 0.717) is 12.3 Å². The van der Waals surface area contributed by atoms with Crippen molar-refractivity contribution in [3.63, 3.8) is 0 Å². The Morgan fingerprint density at radius 3 is 2.45 bits per heavy atom. The Labute approximate surface area is 120 Å². The van der Waals surface area contributed by atoms with Crippen LogP contribution in [0.1, 0.15) is 38.2 Å². The van der Waals surface area contributed by atoms with E-state index in [4.69, 9.17) is 0 Å². The maximum atomic E-state index is 11.9. The second-order valence-electron chi connectivity index (χ2n) is 5.80. The highest BCUT2D eigenvalue weighted by Crippen LogP contribution is 2.22. The van der Waals surface area contributed by atoms with Gasteiger partial charge in [-0.1, -0.05) is 26.0 Å². The zero-order valence-electron chi connectivity index (χ0n) is 11.9. The van der Waals surface area contributed by atoms with E-state index >= 15 is 0 Å². The third-order valence-electron chi connectivity index (χ3n) is 3.66. The maximum absolute atomic E-state index is 11.9. The first-order valence-corrected chi connectivity index (χ1v) is 8.78. The fourth-order valence-corrected chi connectivity index (χ4v) is 4.32. The monoisotopic (exact) mass is 295 g/mol. The van der Waals surface area contributed by atoms with Gasteiger partial charge in [0.05, 0.1) is 11.5 Å². The minimum Gasteiger partial charge on any atom is -0.326 e. The van der Waals surface area contributed by atoms with E-state index in [1.165, 1.54) is 5.56 Å². The molecule has 1 saturated heterocycles. The lowest BCUT2D eigenvalue weighted by Crippen LogP contribution is -2.17. The van der Waals surface area contributed by atoms with Gasteiger partial charge in [0.1, 0.15) is 0 Å². The average Bonchev–Trinajstić information content (AvgIpc) is 2.69. The Hall–Kier alpha value is -1.36. The van der Waals surface area contributed by atoms with Crippen LogP contribution < -0.4 is 5.32 Å². The average molecular weight is 295 g/mol. The van der Waals surface area contributed by atoms with Gasteiger partial charge in [0, 0.05) is 12.1 Å². The molecular formula is C15H21NO3S. The van der Waals surface area contributed by atoms with Crippen LogP contribution in [0.25, 0.3) is 0 Å². The molecule has 0 aromatic heterocycles. The predicted molar refractivity (Wildman–Crippen MR) is 80.5 cm³/mol. The number of carbonyl (C=O) groups excluding carboxylic acids is 1. The number of nitrogens with one attached hydrogen (secondary N) is 1. The molecule has 0 aliphatic carbocycles. The molecule has 0 spiro atoms. The number of rotatable bonds is 4. The van der Waals surface area contributed by atoms with Gasteiger partial charge in [-0.3, -0.25) is 4.79 Å². The second-order valence-corrected chi connectivity index (χ2v) is 8.03. The molecule has 1 unspecified atom stereocenters. The second kappa shape index (κ2) is 5.95. The number of carbonyl (C=O) groups is 1. The summed E-state index contributed by atoms with van der Waals surface area (Å²) in [6, 6.07) is 7.78. The van der Waals surface area contributed by atoms with Gasteiger partial charge in [0.15, 0.2) is 9.84 Å². The zero-order chi connectivity index (χ0) is 14.8. The van der Waals surface area contributed by atoms with Crippen LogP contribution in [-0.4, -0.2) is 25.8 Å². The molecule has 110 valence electrons. The van der Waals surface area contributed by atoms with E-state index in [1.807, 2.05) is 24.3 Å². The van der Waals surface area contributed by atoms with Crippen molar-refractivity contribution in [1.29, 1.82) is 0 Å². The first-order chi connectivity index (χ1) is 9.35. The zero-order valence-corrected chi connectivity index (χ0v) is 12.7. The van der Waals surface area contributed by atoms with E-state index in [-0.39, 0.29) is 29.8 Å². The summed E-state index contributed by atoms with van der Waals surface area (Å²) in [5.41, 5.74) is 1.99. The quantitative estimate of drug-likeness (QED) is 0.928. The third kappa shape index (κ3) is 4.07. The fraction of sp³-hybridized carbons (Fsp3) is 0.533. The van der Waals surface area contributed by atoms with Gasteiger partial charge in [-0.25, -0.2) is 8.42 Å². The Bertz CT molecular complexity index is 576. The summed E-state index contributed by atoms with van der Waals surface area (Å²) in [5, 5.41) is 2.83. The Kier molecular flexibility index (Phi) is 4.48. The molecule has 1 heterocycles. The molecule has 4 nitrogen and oxygen atoms in total. The maximum Gasteiger partial charge on any atom is 0.224 e. The van der Waals surface area contributed by atoms with Crippen molar-refractivity contribution in [3.05, 3.63) is 29.8 Å². The van der Waals surface area contributed by atoms with Crippen LogP contribution in [0.4, 0.5) is 5.69 Å². The molecular weight excluding hydrogens is 274 g/mol. The molecule has 1 aromatic carbocycles. The first-order valence-electron chi connectivity index (χ1n) is 6.96. The van der Waals surface area contributed by atoms with Crippen molar-refractivity contribution in [3.8, 4) is 0 Å². The van der Waals surface area contributed by atoms with Crippen molar-refractivity contribution in [2.45, 2.75) is 32.6 Å². The summed E-state index contributed by atoms with van der Waals surface area (Å²) < 4.78 is 22.7. The van der Waals surface area contributed by atoms with Crippen LogP contribution in [0, 0.1) is 5.92 Å². The van der Waals surface area contributed by atoms with Gasteiger partial charge in [-0.2, -0.15) is 0 Å². The molecule has 1 N–H and O–H groups in total. The van der Waals surface area contributed by atoms with Crippen LogP contribution in [0.2, 0.25) is 0 Å². The highest BCUT2D eigenvalue weighted by Gasteiger charge is 2.29. The van der Waals surface area contributed by atoms with Crippen molar-refractivity contribution in [1.82, 2.24) is 0 Å². The Balaban J connectivity index is 1.88. The lowest BCUT2D eigenvalue weighted by Gasteiger charge is -2.10. The largest absolute Gasteiger partial charge is 0.326 e. The standard InChI is InChI=1S/C15H21NO3S/c1-11(2)13-3-5-14(6-4-13)16-15(17)9-12-7-8-20(18,19)10-12/h3-6,11-12H,7-10H2,1-2H3,(H,16,17). The van der Waals surface area contributed by atoms with E-state index in [0.717, 1.165) is 5.69 Å². The molecule has 20 heavy (non-hydrogen) atoms. The van der Waals surface area contributed by atoms with Crippen LogP contribution in [0.3, 0.4) is 0 Å². The number of anilines is 1. The number of sulfone groups is 1. The summed E-state index contributed by atoms with van der Waals surface area (Å²) >= 11 is 0. The van der Waals surface area contributed by atoms with Crippen molar-refractivity contribution in [2.75, 3.05) is 16.8 Å². The minimum absolute atomic E-state index is 0.0325. The van der Waals surface area contributed by atoms with Crippen molar-refractivity contribution >= 4 is 21.4 Å². The summed E-state index contributed by atoms with van der Waals surface area (Å²) in [5.74, 6) is 0.684. The highest BCUT2D eigenvalue weighted by atomic mass is 32.2. The van der Waals surface area contributed by atoms with E-state index < -0.39 is 9.84 Å². The number of benzene rings is 1. The summed E-state index contributed by atoms with van der Waals surface area (Å²) in [4.78, 5) is 11.9. The molecule has 5 heteroatoms. The Morgan fingerprint density at radius 2 is 1.95 bits per heavy atom. The molecule has 0 radical (unpaired) electrons. The molecule has 1 aromatic rings. The molecule has 0 saturated carbocycles. The van der Waals surface area contributed by atoms with Crippen LogP contribution >= 0.6 is 0 Å². The number of hydrogen-bond acceptors (Lipinski definition) is 3. The topological polar surface area (TPSA) is 63.2 Å². The van der Waals surface area contributed by atoms with Crippen molar-refractivity contribution in [2.24, 2.45) is 5.92 Å². The van der Waals surface area contributed by atoms with Gasteiger partial charge < -0.3 is 5.32 Å². The van der Waals surface area contributed by atoms with Crippen LogP contribution in [0.5, 0.6) is 0 Å². The highest BCUT2D eigenvalue weighted by molar-refractivity contribution is 7.91. The molecule has 1 amide bonds. The molecule has 1 fully saturated rings. The fourth-order valence-electron chi connectivity index (χ4n) is 2.46. The molecule has 1 aliphatic heterocycles. The van der Waals surface area contributed by atoms with Crippen LogP contribution in [-0.2, 0) is 14.6 Å². The van der Waals surface area contributed by atoms with E-state index in [1.54, 1.807) is 0 Å². The molecule has 0 bridgehead atoms. The lowest BCUT2D eigenvalue weighted by molar-refractivity contribution is -0.116. The van der Waals surface area contributed by atoms with E-state index in [9.17, 15) is 13.2 Å². The minimum atomic E-state index is -2.91. The predicted octanol–water partition coefficient (Wildman–Crippen LogP) is 2.57. The van der Waals surface area contributed by atoms with E-state index in [2.05, 4.69) is 19.2 Å².